The first-order valence-electron chi connectivity index (χ1n) is 19.4. The van der Waals surface area contributed by atoms with Gasteiger partial charge in [-0.15, -0.1) is 0 Å². The number of fused-ring (bicyclic) bond motifs is 3. The van der Waals surface area contributed by atoms with Crippen molar-refractivity contribution < 1.29 is 0 Å². The Labute approximate surface area is 307 Å². The Hall–Kier alpha value is -4.82. The van der Waals surface area contributed by atoms with E-state index in [0.717, 1.165) is 6.42 Å². The van der Waals surface area contributed by atoms with E-state index in [9.17, 15) is 0 Å². The van der Waals surface area contributed by atoms with Crippen molar-refractivity contribution in [3.63, 3.8) is 0 Å². The van der Waals surface area contributed by atoms with Crippen LogP contribution in [0.4, 0.5) is 22.7 Å². The molecular formula is C49H54N2. The first kappa shape index (κ1) is 34.6. The number of para-hydroxylation sites is 1. The molecule has 0 aliphatic heterocycles. The van der Waals surface area contributed by atoms with Gasteiger partial charge in [0.05, 0.1) is 0 Å². The SMILES string of the molecule is CCCCCC[C@]1(CCCC)c2ccccc2-c2ccc(N(c3ccc(C)cc3)c3ccc([C@H]4C=CC(N(C)c5ccccc5)=CC4)cc3)cc21. The predicted octanol–water partition coefficient (Wildman–Crippen LogP) is 14.0. The van der Waals surface area contributed by atoms with Crippen molar-refractivity contribution in [2.24, 2.45) is 0 Å². The number of nitrogens with zero attached hydrogens (tertiary/aromatic N) is 2. The second kappa shape index (κ2) is 15.6. The summed E-state index contributed by atoms with van der Waals surface area (Å²) in [6.07, 6.45) is 18.1. The molecule has 0 N–H and O–H groups in total. The van der Waals surface area contributed by atoms with E-state index in [1.54, 1.807) is 5.56 Å². The maximum Gasteiger partial charge on any atom is 0.0465 e. The van der Waals surface area contributed by atoms with Gasteiger partial charge in [0.1, 0.15) is 0 Å². The van der Waals surface area contributed by atoms with Crippen molar-refractivity contribution in [2.45, 2.75) is 89.9 Å². The second-order valence-electron chi connectivity index (χ2n) is 14.8. The molecule has 5 aromatic rings. The monoisotopic (exact) mass is 670 g/mol. The molecule has 0 amide bonds. The minimum absolute atomic E-state index is 0.0583. The summed E-state index contributed by atoms with van der Waals surface area (Å²) in [5.41, 5.74) is 14.7. The van der Waals surface area contributed by atoms with Crippen molar-refractivity contribution in [3.8, 4) is 11.1 Å². The molecule has 0 fully saturated rings. The van der Waals surface area contributed by atoms with E-state index in [1.807, 2.05) is 0 Å². The van der Waals surface area contributed by atoms with Gasteiger partial charge in [0.25, 0.3) is 0 Å². The minimum Gasteiger partial charge on any atom is -0.345 e. The number of likely N-dealkylation sites (N-methyl/N-ethyl adjacent to an activating group) is 1. The lowest BCUT2D eigenvalue weighted by molar-refractivity contribution is 0.407. The predicted molar refractivity (Wildman–Crippen MR) is 220 cm³/mol. The highest BCUT2D eigenvalue weighted by molar-refractivity contribution is 5.86. The average Bonchev–Trinajstić information content (AvgIpc) is 3.46. The largest absolute Gasteiger partial charge is 0.345 e. The highest BCUT2D eigenvalue weighted by Crippen LogP contribution is 2.55. The Morgan fingerprint density at radius 2 is 1.25 bits per heavy atom. The highest BCUT2D eigenvalue weighted by atomic mass is 15.1. The van der Waals surface area contributed by atoms with E-state index >= 15 is 0 Å². The number of anilines is 4. The number of rotatable bonds is 14. The second-order valence-corrected chi connectivity index (χ2v) is 14.8. The molecule has 0 radical (unpaired) electrons. The summed E-state index contributed by atoms with van der Waals surface area (Å²) in [5, 5.41) is 0. The molecule has 0 bridgehead atoms. The van der Waals surface area contributed by atoms with Crippen molar-refractivity contribution in [3.05, 3.63) is 168 Å². The van der Waals surface area contributed by atoms with E-state index in [0.29, 0.717) is 5.92 Å². The van der Waals surface area contributed by atoms with E-state index in [1.165, 1.54) is 108 Å². The summed E-state index contributed by atoms with van der Waals surface area (Å²) in [6, 6.07) is 45.6. The van der Waals surface area contributed by atoms with Crippen molar-refractivity contribution >= 4 is 22.7 Å². The smallest absolute Gasteiger partial charge is 0.0465 e. The summed E-state index contributed by atoms with van der Waals surface area (Å²) < 4.78 is 0. The summed E-state index contributed by atoms with van der Waals surface area (Å²) in [4.78, 5) is 4.74. The van der Waals surface area contributed by atoms with Gasteiger partial charge in [0.15, 0.2) is 0 Å². The minimum atomic E-state index is 0.0583. The molecule has 51 heavy (non-hydrogen) atoms. The topological polar surface area (TPSA) is 6.48 Å². The fraction of sp³-hybridized carbons (Fsp3) is 0.306. The maximum absolute atomic E-state index is 2.55. The number of hydrogen-bond acceptors (Lipinski definition) is 2. The van der Waals surface area contributed by atoms with Crippen LogP contribution in [0.15, 0.2) is 145 Å². The maximum atomic E-state index is 2.55. The van der Waals surface area contributed by atoms with Crippen LogP contribution in [-0.4, -0.2) is 7.05 Å². The lowest BCUT2D eigenvalue weighted by Gasteiger charge is -2.34. The Bertz CT molecular complexity index is 1970. The van der Waals surface area contributed by atoms with Gasteiger partial charge in [-0.2, -0.15) is 0 Å². The zero-order valence-corrected chi connectivity index (χ0v) is 31.1. The average molecular weight is 671 g/mol. The molecular weight excluding hydrogens is 617 g/mol. The zero-order chi connectivity index (χ0) is 35.2. The van der Waals surface area contributed by atoms with Crippen molar-refractivity contribution in [1.82, 2.24) is 0 Å². The van der Waals surface area contributed by atoms with Gasteiger partial charge in [0.2, 0.25) is 0 Å². The molecule has 2 aliphatic rings. The van der Waals surface area contributed by atoms with Crippen LogP contribution >= 0.6 is 0 Å². The number of aryl methyl sites for hydroxylation is 1. The Kier molecular flexibility index (Phi) is 10.6. The van der Waals surface area contributed by atoms with Gasteiger partial charge in [-0.1, -0.05) is 143 Å². The van der Waals surface area contributed by atoms with Crippen LogP contribution in [0.1, 0.15) is 99.8 Å². The molecule has 5 aromatic carbocycles. The van der Waals surface area contributed by atoms with Gasteiger partial charge in [-0.05, 0) is 109 Å². The summed E-state index contributed by atoms with van der Waals surface area (Å²) in [5.74, 6) is 0.366. The summed E-state index contributed by atoms with van der Waals surface area (Å²) >= 11 is 0. The Morgan fingerprint density at radius 1 is 0.608 bits per heavy atom. The van der Waals surface area contributed by atoms with Crippen LogP contribution in [0.2, 0.25) is 0 Å². The third-order valence-electron chi connectivity index (χ3n) is 11.4. The van der Waals surface area contributed by atoms with Crippen LogP contribution in [0, 0.1) is 6.92 Å². The molecule has 0 heterocycles. The molecule has 260 valence electrons. The Morgan fingerprint density at radius 3 is 1.96 bits per heavy atom. The van der Waals surface area contributed by atoms with E-state index in [2.05, 4.69) is 177 Å². The molecule has 0 saturated carbocycles. The summed E-state index contributed by atoms with van der Waals surface area (Å²) in [7, 11) is 2.15. The third kappa shape index (κ3) is 7.07. The van der Waals surface area contributed by atoms with Gasteiger partial charge in [-0.3, -0.25) is 0 Å². The fourth-order valence-corrected chi connectivity index (χ4v) is 8.50. The first-order valence-corrected chi connectivity index (χ1v) is 19.4. The van der Waals surface area contributed by atoms with E-state index in [4.69, 9.17) is 0 Å². The lowest BCUT2D eigenvalue weighted by Crippen LogP contribution is -2.26. The van der Waals surface area contributed by atoms with Crippen LogP contribution in [0.3, 0.4) is 0 Å². The summed E-state index contributed by atoms with van der Waals surface area (Å²) in [6.45, 7) is 6.83. The van der Waals surface area contributed by atoms with Crippen LogP contribution in [-0.2, 0) is 5.41 Å². The molecule has 2 aliphatic carbocycles. The zero-order valence-electron chi connectivity index (χ0n) is 31.1. The molecule has 0 unspecified atom stereocenters. The molecule has 0 saturated heterocycles. The molecule has 2 nitrogen and oxygen atoms in total. The van der Waals surface area contributed by atoms with E-state index in [-0.39, 0.29) is 5.41 Å². The fourth-order valence-electron chi connectivity index (χ4n) is 8.50. The molecule has 0 spiro atoms. The molecule has 7 rings (SSSR count). The van der Waals surface area contributed by atoms with Gasteiger partial charge < -0.3 is 9.80 Å². The molecule has 0 aromatic heterocycles. The number of benzene rings is 5. The number of allylic oxidation sites excluding steroid dienone is 3. The number of hydrogen-bond donors (Lipinski definition) is 0. The number of unbranched alkanes of at least 4 members (excludes halogenated alkanes) is 4. The van der Waals surface area contributed by atoms with Crippen LogP contribution in [0.5, 0.6) is 0 Å². The van der Waals surface area contributed by atoms with Crippen molar-refractivity contribution in [1.29, 1.82) is 0 Å². The normalized spacial score (nSPS) is 17.5. The lowest BCUT2D eigenvalue weighted by atomic mass is 9.70. The van der Waals surface area contributed by atoms with Crippen molar-refractivity contribution in [2.75, 3.05) is 16.8 Å². The van der Waals surface area contributed by atoms with Gasteiger partial charge >= 0.3 is 0 Å². The first-order chi connectivity index (χ1) is 25.0. The quantitative estimate of drug-likeness (QED) is 0.109. The van der Waals surface area contributed by atoms with Gasteiger partial charge in [-0.25, -0.2) is 0 Å². The van der Waals surface area contributed by atoms with Crippen LogP contribution in [0.25, 0.3) is 11.1 Å². The third-order valence-corrected chi connectivity index (χ3v) is 11.4. The molecule has 2 heteroatoms. The highest BCUT2D eigenvalue weighted by Gasteiger charge is 2.42. The standard InChI is InChI=1S/C49H54N2/c1-5-7-9-15-35-49(34-8-6-2)47-19-14-13-18-45(47)46-33-32-44(36-48(46)49)51(42-26-20-37(3)21-27-42)43-30-24-39(25-31-43)38-22-28-41(29-23-38)50(4)40-16-11-10-12-17-40/h10-14,16-22,24-33,36,38H,5-9,15,23,34-35H2,1-4H3/t38-,49+/m0/s1. The van der Waals surface area contributed by atoms with Crippen LogP contribution < -0.4 is 9.80 Å². The molecule has 2 atom stereocenters. The Balaban J connectivity index is 1.23. The van der Waals surface area contributed by atoms with E-state index < -0.39 is 0 Å². The van der Waals surface area contributed by atoms with Gasteiger partial charge in [0, 0.05) is 46.8 Å².